The van der Waals surface area contributed by atoms with Gasteiger partial charge in [-0.05, 0) is 55.5 Å². The van der Waals surface area contributed by atoms with E-state index in [1.807, 2.05) is 42.2 Å². The maximum absolute atomic E-state index is 12.9. The smallest absolute Gasteiger partial charge is 0.246 e. The van der Waals surface area contributed by atoms with Crippen LogP contribution in [0.3, 0.4) is 0 Å². The summed E-state index contributed by atoms with van der Waals surface area (Å²) in [5, 5.41) is 0.907. The van der Waals surface area contributed by atoms with Crippen LogP contribution < -0.4 is 14.2 Å². The molecule has 174 valence electrons. The van der Waals surface area contributed by atoms with Crippen LogP contribution in [0, 0.1) is 5.92 Å². The highest BCUT2D eigenvalue weighted by Gasteiger charge is 2.21. The fourth-order valence-corrected chi connectivity index (χ4v) is 4.51. The third-order valence-electron chi connectivity index (χ3n) is 6.33. The molecule has 1 aromatic heterocycles. The van der Waals surface area contributed by atoms with E-state index in [9.17, 15) is 4.79 Å². The molecule has 6 heteroatoms. The molecule has 33 heavy (non-hydrogen) atoms. The number of benzene rings is 2. The van der Waals surface area contributed by atoms with Gasteiger partial charge in [0, 0.05) is 47.3 Å². The molecule has 1 fully saturated rings. The first-order valence-electron chi connectivity index (χ1n) is 11.2. The quantitative estimate of drug-likeness (QED) is 0.446. The lowest BCUT2D eigenvalue weighted by molar-refractivity contribution is -0.127. The number of amides is 1. The van der Waals surface area contributed by atoms with Crippen molar-refractivity contribution in [2.24, 2.45) is 5.92 Å². The van der Waals surface area contributed by atoms with Crippen LogP contribution in [-0.2, 0) is 4.79 Å². The van der Waals surface area contributed by atoms with Crippen LogP contribution in [0.2, 0.25) is 0 Å². The lowest BCUT2D eigenvalue weighted by atomic mass is 9.98. The van der Waals surface area contributed by atoms with Gasteiger partial charge in [0.25, 0.3) is 0 Å². The summed E-state index contributed by atoms with van der Waals surface area (Å²) in [5.74, 6) is 2.69. The first-order valence-corrected chi connectivity index (χ1v) is 11.2. The number of furan rings is 1. The molecule has 1 aliphatic heterocycles. The Morgan fingerprint density at radius 3 is 2.55 bits per heavy atom. The highest BCUT2D eigenvalue weighted by molar-refractivity contribution is 6.01. The highest BCUT2D eigenvalue weighted by atomic mass is 16.5. The summed E-state index contributed by atoms with van der Waals surface area (Å²) in [6, 6.07) is 9.55. The zero-order chi connectivity index (χ0) is 23.5. The van der Waals surface area contributed by atoms with E-state index in [1.165, 1.54) is 6.42 Å². The molecule has 0 aliphatic carbocycles. The summed E-state index contributed by atoms with van der Waals surface area (Å²) in [6.07, 6.45) is 5.65. The van der Waals surface area contributed by atoms with Crippen molar-refractivity contribution in [3.63, 3.8) is 0 Å². The summed E-state index contributed by atoms with van der Waals surface area (Å²) in [4.78, 5) is 14.9. The predicted octanol–water partition coefficient (Wildman–Crippen LogP) is 5.79. The topological polar surface area (TPSA) is 61.1 Å². The molecule has 1 unspecified atom stereocenters. The Bertz CT molecular complexity index is 1190. The van der Waals surface area contributed by atoms with Gasteiger partial charge in [-0.3, -0.25) is 4.79 Å². The van der Waals surface area contributed by atoms with Crippen LogP contribution in [0.15, 0.2) is 47.1 Å². The van der Waals surface area contributed by atoms with Crippen molar-refractivity contribution in [3.8, 4) is 28.4 Å². The molecular weight excluding hydrogens is 418 g/mol. The van der Waals surface area contributed by atoms with E-state index in [1.54, 1.807) is 33.7 Å². The van der Waals surface area contributed by atoms with Crippen molar-refractivity contribution >= 4 is 22.4 Å². The molecule has 0 N–H and O–H groups in total. The lowest BCUT2D eigenvalue weighted by Crippen LogP contribution is -2.38. The first-order chi connectivity index (χ1) is 15.9. The molecule has 1 aliphatic rings. The molecule has 1 amide bonds. The Morgan fingerprint density at radius 1 is 1.06 bits per heavy atom. The van der Waals surface area contributed by atoms with Crippen molar-refractivity contribution in [1.29, 1.82) is 0 Å². The molecule has 0 bridgehead atoms. The number of carbonyl (C=O) groups excluding carboxylic acids is 1. The second-order valence-corrected chi connectivity index (χ2v) is 8.62. The number of piperidine rings is 1. The fourth-order valence-electron chi connectivity index (χ4n) is 4.51. The van der Waals surface area contributed by atoms with Gasteiger partial charge in [0.1, 0.15) is 22.8 Å². The summed E-state index contributed by atoms with van der Waals surface area (Å²) in [5.41, 5.74) is 4.15. The number of ether oxygens (including phenoxy) is 3. The van der Waals surface area contributed by atoms with E-state index in [0.29, 0.717) is 17.3 Å². The van der Waals surface area contributed by atoms with Crippen LogP contribution in [0.4, 0.5) is 0 Å². The molecule has 3 aromatic rings. The number of carbonyl (C=O) groups is 1. The zero-order valence-corrected chi connectivity index (χ0v) is 19.9. The van der Waals surface area contributed by atoms with Crippen molar-refractivity contribution in [2.75, 3.05) is 34.4 Å². The summed E-state index contributed by atoms with van der Waals surface area (Å²) in [7, 11) is 4.90. The second-order valence-electron chi connectivity index (χ2n) is 8.62. The van der Waals surface area contributed by atoms with Crippen LogP contribution in [-0.4, -0.2) is 45.2 Å². The van der Waals surface area contributed by atoms with Gasteiger partial charge < -0.3 is 23.5 Å². The van der Waals surface area contributed by atoms with Gasteiger partial charge in [0.15, 0.2) is 0 Å². The third-order valence-corrected chi connectivity index (χ3v) is 6.33. The molecular formula is C27H31NO5. The zero-order valence-electron chi connectivity index (χ0n) is 19.9. The normalized spacial score (nSPS) is 16.7. The number of hydrogen-bond acceptors (Lipinski definition) is 5. The number of allylic oxidation sites excluding steroid dienone is 1. The molecule has 6 nitrogen and oxygen atoms in total. The molecule has 4 rings (SSSR count). The number of rotatable bonds is 6. The number of likely N-dealkylation sites (tertiary alicyclic amines) is 1. The van der Waals surface area contributed by atoms with E-state index < -0.39 is 0 Å². The van der Waals surface area contributed by atoms with E-state index in [0.717, 1.165) is 58.7 Å². The van der Waals surface area contributed by atoms with Crippen LogP contribution in [0.25, 0.3) is 27.7 Å². The third kappa shape index (κ3) is 4.56. The van der Waals surface area contributed by atoms with E-state index in [4.69, 9.17) is 18.6 Å². The Morgan fingerprint density at radius 2 is 1.85 bits per heavy atom. The highest BCUT2D eigenvalue weighted by Crippen LogP contribution is 2.41. The molecule has 0 radical (unpaired) electrons. The largest absolute Gasteiger partial charge is 0.497 e. The summed E-state index contributed by atoms with van der Waals surface area (Å²) < 4.78 is 22.5. The van der Waals surface area contributed by atoms with Gasteiger partial charge in [-0.2, -0.15) is 0 Å². The SMILES string of the molecule is COc1ccc(OC)c(-c2coc3cc(OC)c(/C(C)=C/C(=O)N4CCCC(C)C4)cc23)c1. The van der Waals surface area contributed by atoms with E-state index >= 15 is 0 Å². The fraction of sp³-hybridized carbons (Fsp3) is 0.370. The minimum Gasteiger partial charge on any atom is -0.497 e. The Kier molecular flexibility index (Phi) is 6.63. The predicted molar refractivity (Wildman–Crippen MR) is 130 cm³/mol. The van der Waals surface area contributed by atoms with Crippen molar-refractivity contribution in [3.05, 3.63) is 48.2 Å². The van der Waals surface area contributed by atoms with E-state index in [-0.39, 0.29) is 5.91 Å². The standard InChI is InChI=1S/C27H31NO5/c1-17-7-6-10-28(15-17)27(29)11-18(2)20-13-22-23(16-33-26(22)14-25(20)32-5)21-12-19(30-3)8-9-24(21)31-4/h8-9,11-14,16-17H,6-7,10,15H2,1-5H3/b18-11+. The molecule has 0 saturated carbocycles. The van der Waals surface area contributed by atoms with Crippen LogP contribution in [0.5, 0.6) is 17.2 Å². The van der Waals surface area contributed by atoms with Gasteiger partial charge in [0.05, 0.1) is 27.6 Å². The van der Waals surface area contributed by atoms with Crippen molar-refractivity contribution < 1.29 is 23.4 Å². The van der Waals surface area contributed by atoms with Crippen LogP contribution >= 0.6 is 0 Å². The molecule has 0 spiro atoms. The molecule has 1 saturated heterocycles. The van der Waals surface area contributed by atoms with Gasteiger partial charge >= 0.3 is 0 Å². The maximum Gasteiger partial charge on any atom is 0.246 e. The van der Waals surface area contributed by atoms with Gasteiger partial charge in [-0.15, -0.1) is 0 Å². The monoisotopic (exact) mass is 449 g/mol. The number of methoxy groups -OCH3 is 3. The van der Waals surface area contributed by atoms with Crippen LogP contribution in [0.1, 0.15) is 32.3 Å². The summed E-state index contributed by atoms with van der Waals surface area (Å²) >= 11 is 0. The minimum absolute atomic E-state index is 0.0445. The van der Waals surface area contributed by atoms with Gasteiger partial charge in [-0.1, -0.05) is 6.92 Å². The minimum atomic E-state index is 0.0445. The van der Waals surface area contributed by atoms with Gasteiger partial charge in [-0.25, -0.2) is 0 Å². The molecule has 2 heterocycles. The number of fused-ring (bicyclic) bond motifs is 1. The second kappa shape index (κ2) is 9.61. The Labute approximate surface area is 194 Å². The lowest BCUT2D eigenvalue weighted by Gasteiger charge is -2.30. The molecule has 1 atom stereocenters. The van der Waals surface area contributed by atoms with Crippen molar-refractivity contribution in [1.82, 2.24) is 4.90 Å². The Hall–Kier alpha value is -3.41. The first kappa shape index (κ1) is 22.8. The van der Waals surface area contributed by atoms with Crippen molar-refractivity contribution in [2.45, 2.75) is 26.7 Å². The summed E-state index contributed by atoms with van der Waals surface area (Å²) in [6.45, 7) is 5.76. The maximum atomic E-state index is 12.9. The average Bonchev–Trinajstić information content (AvgIpc) is 3.25. The average molecular weight is 450 g/mol. The number of hydrogen-bond donors (Lipinski definition) is 0. The molecule has 2 aromatic carbocycles. The number of nitrogens with zero attached hydrogens (tertiary/aromatic N) is 1. The van der Waals surface area contributed by atoms with E-state index in [2.05, 4.69) is 6.92 Å². The van der Waals surface area contributed by atoms with Gasteiger partial charge in [0.2, 0.25) is 5.91 Å². The Balaban J connectivity index is 1.78.